The Morgan fingerprint density at radius 1 is 0.314 bits per heavy atom. The van der Waals surface area contributed by atoms with Crippen LogP contribution in [-0.4, -0.2) is 37.2 Å². The van der Waals surface area contributed by atoms with Crippen molar-refractivity contribution in [2.75, 3.05) is 13.2 Å². The van der Waals surface area contributed by atoms with Crippen molar-refractivity contribution in [1.82, 2.24) is 0 Å². The molecule has 0 saturated carbocycles. The zero-order valence-corrected chi connectivity index (χ0v) is 34.4. The summed E-state index contributed by atoms with van der Waals surface area (Å²) >= 11 is 0. The first kappa shape index (κ1) is 49.4. The van der Waals surface area contributed by atoms with Crippen LogP contribution >= 0.6 is 0 Å². The molecule has 51 heavy (non-hydrogen) atoms. The third-order valence-electron chi connectivity index (χ3n) is 10.1. The van der Waals surface area contributed by atoms with Gasteiger partial charge in [0.15, 0.2) is 6.10 Å². The number of unbranched alkanes of at least 4 members (excludes halogenated alkanes) is 30. The number of ether oxygens (including phenoxy) is 3. The van der Waals surface area contributed by atoms with E-state index in [1.807, 2.05) is 0 Å². The van der Waals surface area contributed by atoms with Crippen LogP contribution in [0.4, 0.5) is 0 Å². The van der Waals surface area contributed by atoms with Crippen LogP contribution in [0.3, 0.4) is 0 Å². The Morgan fingerprint density at radius 3 is 0.784 bits per heavy atom. The van der Waals surface area contributed by atoms with Crippen LogP contribution in [0.15, 0.2) is 0 Å². The quantitative estimate of drug-likeness (QED) is 0.0355. The molecule has 6 heteroatoms. The maximum absolute atomic E-state index is 12.6. The molecule has 0 aliphatic heterocycles. The molecule has 0 aromatic carbocycles. The predicted molar refractivity (Wildman–Crippen MR) is 215 cm³/mol. The molecular formula is C45H86O6. The molecule has 0 aromatic heterocycles. The summed E-state index contributed by atoms with van der Waals surface area (Å²) < 4.78 is 16.6. The van der Waals surface area contributed by atoms with Gasteiger partial charge in [0, 0.05) is 19.3 Å². The Kier molecular flexibility index (Phi) is 39.9. The van der Waals surface area contributed by atoms with Gasteiger partial charge < -0.3 is 14.2 Å². The Bertz CT molecular complexity index is 753. The van der Waals surface area contributed by atoms with Crippen LogP contribution in [0.2, 0.25) is 0 Å². The van der Waals surface area contributed by atoms with Gasteiger partial charge in [-0.05, 0) is 19.3 Å². The van der Waals surface area contributed by atoms with Gasteiger partial charge in [0.2, 0.25) is 0 Å². The summed E-state index contributed by atoms with van der Waals surface area (Å²) in [6, 6.07) is 0. The number of carbonyl (C=O) groups is 3. The third kappa shape index (κ3) is 39.5. The number of carbonyl (C=O) groups excluding carboxylic acids is 3. The van der Waals surface area contributed by atoms with Gasteiger partial charge >= 0.3 is 17.9 Å². The second-order valence-electron chi connectivity index (χ2n) is 15.3. The Hall–Kier alpha value is -1.59. The molecule has 0 rings (SSSR count). The smallest absolute Gasteiger partial charge is 0.306 e. The molecule has 0 amide bonds. The second kappa shape index (κ2) is 41.2. The summed E-state index contributed by atoms with van der Waals surface area (Å²) in [6.07, 6.45) is 41.2. The standard InChI is InChI=1S/C45H86O6/c1-4-7-10-13-15-17-19-20-21-22-23-24-25-26-28-29-32-35-38-44(47)50-41-42(40-49-43(46)37-34-31-12-9-6-3)51-45(48)39-36-33-30-27-18-16-14-11-8-5-2/h42H,4-41H2,1-3H3/t42-/m1/s1. The van der Waals surface area contributed by atoms with Crippen LogP contribution in [0.1, 0.15) is 252 Å². The maximum atomic E-state index is 12.6. The summed E-state index contributed by atoms with van der Waals surface area (Å²) in [7, 11) is 0. The van der Waals surface area contributed by atoms with Crippen molar-refractivity contribution in [3.63, 3.8) is 0 Å². The van der Waals surface area contributed by atoms with E-state index < -0.39 is 6.10 Å². The fourth-order valence-corrected chi connectivity index (χ4v) is 6.68. The number of esters is 3. The van der Waals surface area contributed by atoms with E-state index in [9.17, 15) is 14.4 Å². The maximum Gasteiger partial charge on any atom is 0.306 e. The fraction of sp³-hybridized carbons (Fsp3) is 0.933. The molecule has 0 spiro atoms. The van der Waals surface area contributed by atoms with E-state index in [2.05, 4.69) is 20.8 Å². The van der Waals surface area contributed by atoms with E-state index in [0.717, 1.165) is 64.2 Å². The van der Waals surface area contributed by atoms with Crippen molar-refractivity contribution in [2.24, 2.45) is 0 Å². The van der Waals surface area contributed by atoms with E-state index in [-0.39, 0.29) is 31.1 Å². The molecular weight excluding hydrogens is 636 g/mol. The fourth-order valence-electron chi connectivity index (χ4n) is 6.68. The lowest BCUT2D eigenvalue weighted by Gasteiger charge is -2.18. The SMILES string of the molecule is CCCCCCCCCCCCCCCCCCCCC(=O)OC[C@@H](COC(=O)CCCCCCC)OC(=O)CCCCCCCCCCCC. The van der Waals surface area contributed by atoms with Crippen LogP contribution in [0.25, 0.3) is 0 Å². The molecule has 0 saturated heterocycles. The van der Waals surface area contributed by atoms with Crippen molar-refractivity contribution < 1.29 is 28.6 Å². The van der Waals surface area contributed by atoms with Crippen molar-refractivity contribution in [2.45, 2.75) is 258 Å². The second-order valence-corrected chi connectivity index (χ2v) is 15.3. The lowest BCUT2D eigenvalue weighted by molar-refractivity contribution is -0.167. The van der Waals surface area contributed by atoms with Gasteiger partial charge in [-0.1, -0.05) is 213 Å². The van der Waals surface area contributed by atoms with Crippen molar-refractivity contribution in [3.8, 4) is 0 Å². The van der Waals surface area contributed by atoms with Crippen LogP contribution in [0, 0.1) is 0 Å². The predicted octanol–water partition coefficient (Wildman–Crippen LogP) is 14.1. The molecule has 0 aliphatic carbocycles. The molecule has 0 bridgehead atoms. The van der Waals surface area contributed by atoms with E-state index in [4.69, 9.17) is 14.2 Å². The number of hydrogen-bond donors (Lipinski definition) is 0. The van der Waals surface area contributed by atoms with Gasteiger partial charge in [-0.15, -0.1) is 0 Å². The lowest BCUT2D eigenvalue weighted by atomic mass is 10.0. The zero-order chi connectivity index (χ0) is 37.3. The largest absolute Gasteiger partial charge is 0.462 e. The Morgan fingerprint density at radius 2 is 0.529 bits per heavy atom. The Labute approximate surface area is 317 Å². The molecule has 0 aromatic rings. The van der Waals surface area contributed by atoms with E-state index in [1.54, 1.807) is 0 Å². The molecule has 0 unspecified atom stereocenters. The number of rotatable bonds is 41. The van der Waals surface area contributed by atoms with E-state index >= 15 is 0 Å². The lowest BCUT2D eigenvalue weighted by Crippen LogP contribution is -2.30. The molecule has 0 N–H and O–H groups in total. The summed E-state index contributed by atoms with van der Waals surface area (Å²) in [5, 5.41) is 0. The van der Waals surface area contributed by atoms with E-state index in [1.165, 1.54) is 148 Å². The minimum atomic E-state index is -0.756. The summed E-state index contributed by atoms with van der Waals surface area (Å²) in [5.41, 5.74) is 0. The van der Waals surface area contributed by atoms with Gasteiger partial charge in [-0.2, -0.15) is 0 Å². The molecule has 0 radical (unpaired) electrons. The highest BCUT2D eigenvalue weighted by molar-refractivity contribution is 5.71. The summed E-state index contributed by atoms with van der Waals surface area (Å²) in [5.74, 6) is -0.869. The van der Waals surface area contributed by atoms with Gasteiger partial charge in [0.25, 0.3) is 0 Å². The summed E-state index contributed by atoms with van der Waals surface area (Å²) in [6.45, 7) is 6.56. The Balaban J connectivity index is 4.10. The molecule has 0 aliphatic rings. The molecule has 0 heterocycles. The zero-order valence-electron chi connectivity index (χ0n) is 34.4. The van der Waals surface area contributed by atoms with Crippen LogP contribution in [0.5, 0.6) is 0 Å². The highest BCUT2D eigenvalue weighted by Crippen LogP contribution is 2.16. The first-order chi connectivity index (χ1) is 25.0. The topological polar surface area (TPSA) is 78.9 Å². The minimum absolute atomic E-state index is 0.0641. The first-order valence-corrected chi connectivity index (χ1v) is 22.5. The monoisotopic (exact) mass is 723 g/mol. The molecule has 6 nitrogen and oxygen atoms in total. The molecule has 1 atom stereocenters. The average Bonchev–Trinajstić information content (AvgIpc) is 3.12. The van der Waals surface area contributed by atoms with Crippen LogP contribution < -0.4 is 0 Å². The minimum Gasteiger partial charge on any atom is -0.462 e. The average molecular weight is 723 g/mol. The van der Waals surface area contributed by atoms with Gasteiger partial charge in [0.05, 0.1) is 0 Å². The van der Waals surface area contributed by atoms with Crippen LogP contribution in [-0.2, 0) is 28.6 Å². The highest BCUT2D eigenvalue weighted by atomic mass is 16.6. The molecule has 0 fully saturated rings. The normalized spacial score (nSPS) is 11.8. The molecule has 302 valence electrons. The van der Waals surface area contributed by atoms with Gasteiger partial charge in [-0.3, -0.25) is 14.4 Å². The van der Waals surface area contributed by atoms with E-state index in [0.29, 0.717) is 19.3 Å². The van der Waals surface area contributed by atoms with Crippen molar-refractivity contribution in [1.29, 1.82) is 0 Å². The summed E-state index contributed by atoms with van der Waals surface area (Å²) in [4.78, 5) is 37.4. The van der Waals surface area contributed by atoms with Crippen molar-refractivity contribution >= 4 is 17.9 Å². The van der Waals surface area contributed by atoms with Gasteiger partial charge in [0.1, 0.15) is 13.2 Å². The third-order valence-corrected chi connectivity index (χ3v) is 10.1. The van der Waals surface area contributed by atoms with Gasteiger partial charge in [-0.25, -0.2) is 0 Å². The first-order valence-electron chi connectivity index (χ1n) is 22.5. The highest BCUT2D eigenvalue weighted by Gasteiger charge is 2.19. The van der Waals surface area contributed by atoms with Crippen molar-refractivity contribution in [3.05, 3.63) is 0 Å². The number of hydrogen-bond acceptors (Lipinski definition) is 6.